The number of hydrogen-bond donors (Lipinski definition) is 1. The second-order valence-corrected chi connectivity index (χ2v) is 5.73. The Balaban J connectivity index is 1.84. The van der Waals surface area contributed by atoms with Crippen molar-refractivity contribution < 1.29 is 9.13 Å². The lowest BCUT2D eigenvalue weighted by atomic mass is 10.2. The van der Waals surface area contributed by atoms with E-state index in [0.717, 1.165) is 49.6 Å². The molecule has 0 spiro atoms. The van der Waals surface area contributed by atoms with E-state index in [0.29, 0.717) is 6.61 Å². The van der Waals surface area contributed by atoms with Gasteiger partial charge in [0.05, 0.1) is 0 Å². The van der Waals surface area contributed by atoms with Crippen molar-refractivity contribution in [2.75, 3.05) is 26.2 Å². The molecule has 0 fully saturated rings. The van der Waals surface area contributed by atoms with E-state index in [4.69, 9.17) is 4.74 Å². The molecule has 0 bridgehead atoms. The van der Waals surface area contributed by atoms with E-state index >= 15 is 0 Å². The zero-order valence-corrected chi connectivity index (χ0v) is 14.6. The fourth-order valence-electron chi connectivity index (χ4n) is 2.53. The quantitative estimate of drug-likeness (QED) is 0.670. The van der Waals surface area contributed by atoms with Gasteiger partial charge in [0.2, 0.25) is 0 Å². The highest BCUT2D eigenvalue weighted by molar-refractivity contribution is 5.33. The SMILES string of the molecule is CCN(CC)CCNCc1ccccc1OCc1ccc(F)cc1. The number of para-hydroxylation sites is 1. The summed E-state index contributed by atoms with van der Waals surface area (Å²) in [5, 5.41) is 3.48. The maximum absolute atomic E-state index is 12.9. The summed E-state index contributed by atoms with van der Waals surface area (Å²) in [6.07, 6.45) is 0. The summed E-state index contributed by atoms with van der Waals surface area (Å²) in [4.78, 5) is 2.39. The molecule has 0 amide bonds. The fourth-order valence-corrected chi connectivity index (χ4v) is 2.53. The summed E-state index contributed by atoms with van der Waals surface area (Å²) in [5.74, 6) is 0.647. The lowest BCUT2D eigenvalue weighted by molar-refractivity contribution is 0.295. The number of hydrogen-bond acceptors (Lipinski definition) is 3. The van der Waals surface area contributed by atoms with Crippen molar-refractivity contribution in [2.45, 2.75) is 27.0 Å². The Morgan fingerprint density at radius 2 is 1.71 bits per heavy atom. The predicted octanol–water partition coefficient (Wildman–Crippen LogP) is 3.84. The number of ether oxygens (including phenoxy) is 1. The van der Waals surface area contributed by atoms with Crippen LogP contribution in [0.5, 0.6) is 5.75 Å². The van der Waals surface area contributed by atoms with E-state index in [2.05, 4.69) is 30.1 Å². The molecule has 130 valence electrons. The van der Waals surface area contributed by atoms with E-state index in [1.807, 2.05) is 18.2 Å². The van der Waals surface area contributed by atoms with Crippen molar-refractivity contribution in [1.29, 1.82) is 0 Å². The summed E-state index contributed by atoms with van der Waals surface area (Å²) in [7, 11) is 0. The summed E-state index contributed by atoms with van der Waals surface area (Å²) in [6, 6.07) is 14.5. The second-order valence-electron chi connectivity index (χ2n) is 5.73. The summed E-state index contributed by atoms with van der Waals surface area (Å²) >= 11 is 0. The smallest absolute Gasteiger partial charge is 0.124 e. The Labute approximate surface area is 144 Å². The molecular formula is C20H27FN2O. The van der Waals surface area contributed by atoms with Crippen LogP contribution < -0.4 is 10.1 Å². The van der Waals surface area contributed by atoms with Gasteiger partial charge in [-0.25, -0.2) is 4.39 Å². The third-order valence-corrected chi connectivity index (χ3v) is 4.09. The molecule has 0 saturated heterocycles. The highest BCUT2D eigenvalue weighted by atomic mass is 19.1. The van der Waals surface area contributed by atoms with Crippen molar-refractivity contribution in [2.24, 2.45) is 0 Å². The van der Waals surface area contributed by atoms with Crippen molar-refractivity contribution in [3.8, 4) is 5.75 Å². The molecule has 0 aromatic heterocycles. The standard InChI is InChI=1S/C20H27FN2O/c1-3-23(4-2)14-13-22-15-18-7-5-6-8-20(18)24-16-17-9-11-19(21)12-10-17/h5-12,22H,3-4,13-16H2,1-2H3. The van der Waals surface area contributed by atoms with E-state index in [1.54, 1.807) is 12.1 Å². The lowest BCUT2D eigenvalue weighted by Crippen LogP contribution is -2.31. The van der Waals surface area contributed by atoms with Crippen LogP contribution in [-0.2, 0) is 13.2 Å². The van der Waals surface area contributed by atoms with E-state index in [-0.39, 0.29) is 5.82 Å². The van der Waals surface area contributed by atoms with Crippen LogP contribution in [0.1, 0.15) is 25.0 Å². The molecule has 0 aliphatic rings. The number of nitrogens with one attached hydrogen (secondary N) is 1. The molecule has 2 aromatic rings. The van der Waals surface area contributed by atoms with Crippen LogP contribution in [0.25, 0.3) is 0 Å². The average Bonchev–Trinajstić information content (AvgIpc) is 2.62. The van der Waals surface area contributed by atoms with Gasteiger partial charge in [0, 0.05) is 25.2 Å². The lowest BCUT2D eigenvalue weighted by Gasteiger charge is -2.18. The minimum absolute atomic E-state index is 0.225. The van der Waals surface area contributed by atoms with Gasteiger partial charge < -0.3 is 15.0 Å². The van der Waals surface area contributed by atoms with Crippen molar-refractivity contribution in [3.05, 3.63) is 65.5 Å². The molecule has 0 heterocycles. The first-order valence-corrected chi connectivity index (χ1v) is 8.61. The van der Waals surface area contributed by atoms with Crippen LogP contribution in [0.3, 0.4) is 0 Å². The molecule has 24 heavy (non-hydrogen) atoms. The van der Waals surface area contributed by atoms with E-state index < -0.39 is 0 Å². The summed E-state index contributed by atoms with van der Waals surface area (Å²) in [6.45, 7) is 9.74. The minimum atomic E-state index is -0.225. The first kappa shape index (κ1) is 18.4. The normalized spacial score (nSPS) is 11.0. The molecule has 1 N–H and O–H groups in total. The van der Waals surface area contributed by atoms with Crippen LogP contribution in [0, 0.1) is 5.82 Å². The maximum atomic E-state index is 12.9. The zero-order chi connectivity index (χ0) is 17.2. The van der Waals surface area contributed by atoms with Crippen molar-refractivity contribution >= 4 is 0 Å². The Morgan fingerprint density at radius 1 is 1.00 bits per heavy atom. The third-order valence-electron chi connectivity index (χ3n) is 4.09. The molecule has 0 radical (unpaired) electrons. The van der Waals surface area contributed by atoms with Crippen LogP contribution in [-0.4, -0.2) is 31.1 Å². The number of likely N-dealkylation sites (N-methyl/N-ethyl adjacent to an activating group) is 1. The summed E-state index contributed by atoms with van der Waals surface area (Å²) < 4.78 is 18.9. The van der Waals surface area contributed by atoms with Gasteiger partial charge in [0.1, 0.15) is 18.2 Å². The molecule has 0 aliphatic heterocycles. The second kappa shape index (κ2) is 10.1. The maximum Gasteiger partial charge on any atom is 0.124 e. The molecular weight excluding hydrogens is 303 g/mol. The molecule has 2 rings (SSSR count). The van der Waals surface area contributed by atoms with Gasteiger partial charge in [-0.3, -0.25) is 0 Å². The molecule has 3 nitrogen and oxygen atoms in total. The highest BCUT2D eigenvalue weighted by Gasteiger charge is 2.04. The van der Waals surface area contributed by atoms with Gasteiger partial charge in [-0.1, -0.05) is 44.2 Å². The monoisotopic (exact) mass is 330 g/mol. The molecule has 0 aliphatic carbocycles. The number of nitrogens with zero attached hydrogens (tertiary/aromatic N) is 1. The van der Waals surface area contributed by atoms with Crippen LogP contribution in [0.2, 0.25) is 0 Å². The van der Waals surface area contributed by atoms with Gasteiger partial charge in [-0.05, 0) is 36.9 Å². The van der Waals surface area contributed by atoms with Crippen molar-refractivity contribution in [1.82, 2.24) is 10.2 Å². The largest absolute Gasteiger partial charge is 0.489 e. The fraction of sp³-hybridized carbons (Fsp3) is 0.400. The Kier molecular flexibility index (Phi) is 7.72. The molecule has 0 unspecified atom stereocenters. The van der Waals surface area contributed by atoms with E-state index in [1.165, 1.54) is 12.1 Å². The van der Waals surface area contributed by atoms with Gasteiger partial charge in [-0.15, -0.1) is 0 Å². The van der Waals surface area contributed by atoms with Gasteiger partial charge >= 0.3 is 0 Å². The molecule has 0 saturated carbocycles. The Bertz CT molecular complexity index is 597. The first-order valence-electron chi connectivity index (χ1n) is 8.61. The number of halogens is 1. The van der Waals surface area contributed by atoms with Crippen LogP contribution in [0.4, 0.5) is 4.39 Å². The van der Waals surface area contributed by atoms with Gasteiger partial charge in [0.25, 0.3) is 0 Å². The first-order chi connectivity index (χ1) is 11.7. The summed E-state index contributed by atoms with van der Waals surface area (Å²) in [5.41, 5.74) is 2.10. The van der Waals surface area contributed by atoms with Gasteiger partial charge in [0.15, 0.2) is 0 Å². The molecule has 2 aromatic carbocycles. The molecule has 0 atom stereocenters. The third kappa shape index (κ3) is 5.95. The number of benzene rings is 2. The van der Waals surface area contributed by atoms with Crippen LogP contribution >= 0.6 is 0 Å². The Morgan fingerprint density at radius 3 is 2.42 bits per heavy atom. The number of rotatable bonds is 10. The predicted molar refractivity (Wildman–Crippen MR) is 96.7 cm³/mol. The van der Waals surface area contributed by atoms with E-state index in [9.17, 15) is 4.39 Å². The minimum Gasteiger partial charge on any atom is -0.489 e. The van der Waals surface area contributed by atoms with Gasteiger partial charge in [-0.2, -0.15) is 0 Å². The highest BCUT2D eigenvalue weighted by Crippen LogP contribution is 2.19. The average molecular weight is 330 g/mol. The Hall–Kier alpha value is -1.91. The molecule has 4 heteroatoms. The van der Waals surface area contributed by atoms with Crippen molar-refractivity contribution in [3.63, 3.8) is 0 Å². The zero-order valence-electron chi connectivity index (χ0n) is 14.6. The topological polar surface area (TPSA) is 24.5 Å². The van der Waals surface area contributed by atoms with Crippen LogP contribution in [0.15, 0.2) is 48.5 Å².